The Kier molecular flexibility index (Phi) is 6.28. The summed E-state index contributed by atoms with van der Waals surface area (Å²) in [4.78, 5) is 12.6. The summed E-state index contributed by atoms with van der Waals surface area (Å²) >= 11 is 0. The molecule has 3 aromatic rings. The van der Waals surface area contributed by atoms with E-state index in [0.29, 0.717) is 6.07 Å². The molecule has 1 amide bonds. The van der Waals surface area contributed by atoms with Gasteiger partial charge in [-0.05, 0) is 42.5 Å². The van der Waals surface area contributed by atoms with Crippen LogP contribution in [-0.4, -0.2) is 22.7 Å². The molecular weight excluding hydrogens is 432 g/mol. The highest BCUT2D eigenvalue weighted by molar-refractivity contribution is 6.06. The van der Waals surface area contributed by atoms with E-state index in [0.717, 1.165) is 36.5 Å². The lowest BCUT2D eigenvalue weighted by Gasteiger charge is -2.16. The van der Waals surface area contributed by atoms with Gasteiger partial charge in [0.15, 0.2) is 5.82 Å². The van der Waals surface area contributed by atoms with E-state index in [1.165, 1.54) is 12.3 Å². The lowest BCUT2D eigenvalue weighted by Crippen LogP contribution is -2.19. The number of halogens is 6. The molecule has 0 saturated heterocycles. The maximum Gasteiger partial charge on any atom is 0.419 e. The SMILES string of the molecule is O=C(Nc1ccnnc1)c1c(Oc2ccc(OC(F)F)cc2)ccc(C(F)(F)F)c1F. The predicted octanol–water partition coefficient (Wildman–Crippen LogP) is 5.28. The van der Waals surface area contributed by atoms with E-state index >= 15 is 0 Å². The van der Waals surface area contributed by atoms with Crippen LogP contribution >= 0.6 is 0 Å². The maximum absolute atomic E-state index is 14.7. The zero-order chi connectivity index (χ0) is 22.6. The molecule has 6 nitrogen and oxygen atoms in total. The Morgan fingerprint density at radius 1 is 0.968 bits per heavy atom. The average Bonchev–Trinajstić information content (AvgIpc) is 2.69. The monoisotopic (exact) mass is 443 g/mol. The minimum atomic E-state index is -5.07. The first-order valence-corrected chi connectivity index (χ1v) is 8.35. The van der Waals surface area contributed by atoms with Crippen molar-refractivity contribution < 1.29 is 40.6 Å². The Hall–Kier alpha value is -3.83. The summed E-state index contributed by atoms with van der Waals surface area (Å²) < 4.78 is 88.0. The predicted molar refractivity (Wildman–Crippen MR) is 94.5 cm³/mol. The summed E-state index contributed by atoms with van der Waals surface area (Å²) in [5.41, 5.74) is -2.63. The number of ether oxygens (including phenoxy) is 2. The maximum atomic E-state index is 14.7. The van der Waals surface area contributed by atoms with Gasteiger partial charge in [-0.15, -0.1) is 0 Å². The molecule has 2 aromatic carbocycles. The normalized spacial score (nSPS) is 11.3. The van der Waals surface area contributed by atoms with Crippen molar-refractivity contribution in [3.05, 3.63) is 71.8 Å². The molecule has 0 radical (unpaired) electrons. The van der Waals surface area contributed by atoms with Crippen molar-refractivity contribution in [1.29, 1.82) is 0 Å². The smallest absolute Gasteiger partial charge is 0.419 e. The average molecular weight is 443 g/mol. The Bertz CT molecular complexity index is 1060. The molecule has 0 saturated carbocycles. The largest absolute Gasteiger partial charge is 0.456 e. The van der Waals surface area contributed by atoms with Crippen molar-refractivity contribution >= 4 is 11.6 Å². The van der Waals surface area contributed by atoms with Crippen LogP contribution < -0.4 is 14.8 Å². The van der Waals surface area contributed by atoms with Gasteiger partial charge < -0.3 is 14.8 Å². The Labute approximate surface area is 170 Å². The standard InChI is InChI=1S/C19H11F6N3O3/c20-16-13(19(23,24)25)5-6-14(15(16)17(29)28-10-7-8-26-27-9-10)30-11-1-3-12(4-2-11)31-18(21)22/h1-9,18H,(H,26,28,29). The number of hydrogen-bond donors (Lipinski definition) is 1. The highest BCUT2D eigenvalue weighted by Crippen LogP contribution is 2.37. The van der Waals surface area contributed by atoms with Gasteiger partial charge in [-0.3, -0.25) is 4.79 Å². The van der Waals surface area contributed by atoms with E-state index in [1.807, 2.05) is 0 Å². The summed E-state index contributed by atoms with van der Waals surface area (Å²) in [5, 5.41) is 9.18. The number of nitrogens with zero attached hydrogens (tertiary/aromatic N) is 2. The molecule has 12 heteroatoms. The highest BCUT2D eigenvalue weighted by atomic mass is 19.4. The first kappa shape index (κ1) is 21.9. The van der Waals surface area contributed by atoms with Crippen molar-refractivity contribution in [2.24, 2.45) is 0 Å². The number of benzene rings is 2. The van der Waals surface area contributed by atoms with Crippen LogP contribution in [0.3, 0.4) is 0 Å². The molecule has 0 fully saturated rings. The lowest BCUT2D eigenvalue weighted by molar-refractivity contribution is -0.140. The van der Waals surface area contributed by atoms with Gasteiger partial charge in [-0.25, -0.2) is 4.39 Å². The molecule has 0 bridgehead atoms. The van der Waals surface area contributed by atoms with Crippen LogP contribution in [0.4, 0.5) is 32.0 Å². The molecule has 1 aromatic heterocycles. The molecule has 1 heterocycles. The molecule has 0 aliphatic rings. The fourth-order valence-electron chi connectivity index (χ4n) is 2.45. The van der Waals surface area contributed by atoms with Crippen LogP contribution in [0.1, 0.15) is 15.9 Å². The van der Waals surface area contributed by atoms with Crippen molar-refractivity contribution in [3.63, 3.8) is 0 Å². The molecule has 0 aliphatic heterocycles. The van der Waals surface area contributed by atoms with E-state index in [4.69, 9.17) is 4.74 Å². The zero-order valence-electron chi connectivity index (χ0n) is 15.2. The third-order valence-corrected chi connectivity index (χ3v) is 3.76. The van der Waals surface area contributed by atoms with Gasteiger partial charge in [0.2, 0.25) is 0 Å². The number of rotatable bonds is 6. The third kappa shape index (κ3) is 5.41. The second-order valence-corrected chi connectivity index (χ2v) is 5.84. The highest BCUT2D eigenvalue weighted by Gasteiger charge is 2.37. The Morgan fingerprint density at radius 3 is 2.23 bits per heavy atom. The van der Waals surface area contributed by atoms with E-state index in [2.05, 4.69) is 20.3 Å². The van der Waals surface area contributed by atoms with Crippen LogP contribution in [0.15, 0.2) is 54.9 Å². The van der Waals surface area contributed by atoms with Crippen LogP contribution in [-0.2, 0) is 6.18 Å². The first-order valence-electron chi connectivity index (χ1n) is 8.35. The number of alkyl halides is 5. The zero-order valence-corrected chi connectivity index (χ0v) is 15.2. The number of amides is 1. The van der Waals surface area contributed by atoms with Gasteiger partial charge in [0.25, 0.3) is 5.91 Å². The van der Waals surface area contributed by atoms with E-state index < -0.39 is 41.4 Å². The second-order valence-electron chi connectivity index (χ2n) is 5.84. The van der Waals surface area contributed by atoms with Gasteiger partial charge in [0.05, 0.1) is 23.6 Å². The number of anilines is 1. The van der Waals surface area contributed by atoms with Gasteiger partial charge in [0, 0.05) is 0 Å². The minimum Gasteiger partial charge on any atom is -0.456 e. The van der Waals surface area contributed by atoms with E-state index in [9.17, 15) is 31.1 Å². The van der Waals surface area contributed by atoms with Crippen molar-refractivity contribution in [1.82, 2.24) is 10.2 Å². The first-order chi connectivity index (χ1) is 14.6. The number of hydrogen-bond acceptors (Lipinski definition) is 5. The van der Waals surface area contributed by atoms with E-state index in [1.54, 1.807) is 0 Å². The van der Waals surface area contributed by atoms with Crippen LogP contribution in [0.25, 0.3) is 0 Å². The number of carbonyl (C=O) groups excluding carboxylic acids is 1. The quantitative estimate of drug-likeness (QED) is 0.525. The summed E-state index contributed by atoms with van der Waals surface area (Å²) in [5.74, 6) is -3.89. The van der Waals surface area contributed by atoms with Crippen molar-refractivity contribution in [2.75, 3.05) is 5.32 Å². The summed E-state index contributed by atoms with van der Waals surface area (Å²) in [6.45, 7) is -3.06. The van der Waals surface area contributed by atoms with Gasteiger partial charge in [0.1, 0.15) is 22.8 Å². The molecule has 3 rings (SSSR count). The fourth-order valence-corrected chi connectivity index (χ4v) is 2.45. The van der Waals surface area contributed by atoms with Crippen LogP contribution in [0.2, 0.25) is 0 Å². The summed E-state index contributed by atoms with van der Waals surface area (Å²) in [6, 6.07) is 7.00. The number of carbonyl (C=O) groups is 1. The fraction of sp³-hybridized carbons (Fsp3) is 0.105. The van der Waals surface area contributed by atoms with Gasteiger partial charge in [-0.2, -0.15) is 32.1 Å². The topological polar surface area (TPSA) is 73.3 Å². The second kappa shape index (κ2) is 8.90. The van der Waals surface area contributed by atoms with Crippen LogP contribution in [0.5, 0.6) is 17.2 Å². The Morgan fingerprint density at radius 2 is 1.65 bits per heavy atom. The molecule has 0 spiro atoms. The number of nitrogens with one attached hydrogen (secondary N) is 1. The van der Waals surface area contributed by atoms with E-state index in [-0.39, 0.29) is 17.2 Å². The molecule has 31 heavy (non-hydrogen) atoms. The molecule has 1 N–H and O–H groups in total. The Balaban J connectivity index is 1.97. The van der Waals surface area contributed by atoms with Crippen molar-refractivity contribution in [2.45, 2.75) is 12.8 Å². The summed E-state index contributed by atoms with van der Waals surface area (Å²) in [7, 11) is 0. The molecular formula is C19H11F6N3O3. The molecule has 0 unspecified atom stereocenters. The molecule has 162 valence electrons. The summed E-state index contributed by atoms with van der Waals surface area (Å²) in [6.07, 6.45) is -2.76. The molecule has 0 aliphatic carbocycles. The number of aromatic nitrogens is 2. The van der Waals surface area contributed by atoms with Crippen LogP contribution in [0, 0.1) is 5.82 Å². The lowest BCUT2D eigenvalue weighted by atomic mass is 10.1. The van der Waals surface area contributed by atoms with Crippen molar-refractivity contribution in [3.8, 4) is 17.2 Å². The van der Waals surface area contributed by atoms with Gasteiger partial charge >= 0.3 is 12.8 Å². The minimum absolute atomic E-state index is 0.0521. The van der Waals surface area contributed by atoms with Gasteiger partial charge in [-0.1, -0.05) is 0 Å². The third-order valence-electron chi connectivity index (χ3n) is 3.76. The molecule has 0 atom stereocenters.